The van der Waals surface area contributed by atoms with Crippen LogP contribution in [0, 0.1) is 28.6 Å². The molecule has 3 nitrogen and oxygen atoms in total. The van der Waals surface area contributed by atoms with Gasteiger partial charge in [0.2, 0.25) is 0 Å². The zero-order chi connectivity index (χ0) is 22.8. The minimum atomic E-state index is -1.73. The Labute approximate surface area is 191 Å². The average Bonchev–Trinajstić information content (AvgIpc) is 2.97. The molecule has 0 spiro atoms. The molecule has 0 aromatic carbocycles. The van der Waals surface area contributed by atoms with Crippen LogP contribution in [-0.4, -0.2) is 20.4 Å². The highest BCUT2D eigenvalue weighted by Gasteiger charge is 2.58. The highest BCUT2D eigenvalue weighted by Crippen LogP contribution is 2.65. The molecule has 31 heavy (non-hydrogen) atoms. The van der Waals surface area contributed by atoms with E-state index in [-0.39, 0.29) is 16.4 Å². The quantitative estimate of drug-likeness (QED) is 0.258. The number of esters is 1. The maximum atomic E-state index is 11.6. The number of rotatable bonds is 3. The Morgan fingerprint density at radius 3 is 2.35 bits per heavy atom. The van der Waals surface area contributed by atoms with Gasteiger partial charge in [-0.25, -0.2) is 0 Å². The minimum Gasteiger partial charge on any atom is -0.431 e. The van der Waals surface area contributed by atoms with Crippen LogP contribution in [0.15, 0.2) is 23.5 Å². The number of hydrogen-bond donors (Lipinski definition) is 0. The smallest absolute Gasteiger partial charge is 0.307 e. The lowest BCUT2D eigenvalue weighted by Crippen LogP contribution is -2.51. The maximum absolute atomic E-state index is 11.6. The van der Waals surface area contributed by atoms with Crippen molar-refractivity contribution in [1.29, 1.82) is 0 Å². The summed E-state index contributed by atoms with van der Waals surface area (Å²) in [6, 6.07) is 0. The van der Waals surface area contributed by atoms with Crippen molar-refractivity contribution >= 4 is 14.3 Å². The van der Waals surface area contributed by atoms with Crippen molar-refractivity contribution in [3.8, 4) is 0 Å². The third-order valence-corrected chi connectivity index (χ3v) is 14.6. The predicted molar refractivity (Wildman–Crippen MR) is 129 cm³/mol. The van der Waals surface area contributed by atoms with E-state index in [0.29, 0.717) is 23.4 Å². The van der Waals surface area contributed by atoms with Gasteiger partial charge in [0.25, 0.3) is 0 Å². The molecule has 0 aromatic heterocycles. The first-order chi connectivity index (χ1) is 14.3. The highest BCUT2D eigenvalue weighted by molar-refractivity contribution is 6.74. The van der Waals surface area contributed by atoms with Crippen molar-refractivity contribution in [2.24, 2.45) is 28.6 Å². The first-order valence-electron chi connectivity index (χ1n) is 12.5. The van der Waals surface area contributed by atoms with E-state index >= 15 is 0 Å². The van der Waals surface area contributed by atoms with Gasteiger partial charge < -0.3 is 9.16 Å². The lowest BCUT2D eigenvalue weighted by atomic mass is 9.48. The molecule has 0 radical (unpaired) electrons. The summed E-state index contributed by atoms with van der Waals surface area (Å²) in [5.74, 6) is 2.85. The molecule has 0 bridgehead atoms. The van der Waals surface area contributed by atoms with Crippen molar-refractivity contribution in [1.82, 2.24) is 0 Å². The lowest BCUT2D eigenvalue weighted by Gasteiger charge is -2.58. The Hall–Kier alpha value is -0.873. The molecular formula is C27H44O3Si. The summed E-state index contributed by atoms with van der Waals surface area (Å²) in [5, 5.41) is 0.267. The first kappa shape index (κ1) is 23.3. The molecule has 0 aromatic rings. The van der Waals surface area contributed by atoms with Crippen molar-refractivity contribution in [2.75, 3.05) is 0 Å². The lowest BCUT2D eigenvalue weighted by molar-refractivity contribution is -0.140. The van der Waals surface area contributed by atoms with Crippen LogP contribution in [0.2, 0.25) is 18.1 Å². The zero-order valence-corrected chi connectivity index (χ0v) is 22.1. The van der Waals surface area contributed by atoms with Crippen LogP contribution in [0.25, 0.3) is 0 Å². The summed E-state index contributed by atoms with van der Waals surface area (Å²) in [6.45, 7) is 18.2. The molecule has 2 saturated carbocycles. The van der Waals surface area contributed by atoms with E-state index in [1.807, 2.05) is 0 Å². The number of allylic oxidation sites excluding steroid dienone is 3. The Morgan fingerprint density at radius 2 is 1.71 bits per heavy atom. The van der Waals surface area contributed by atoms with E-state index in [9.17, 15) is 4.79 Å². The van der Waals surface area contributed by atoms with Gasteiger partial charge in [0, 0.05) is 18.4 Å². The topological polar surface area (TPSA) is 35.5 Å². The predicted octanol–water partition coefficient (Wildman–Crippen LogP) is 7.40. The summed E-state index contributed by atoms with van der Waals surface area (Å²) >= 11 is 0. The fourth-order valence-corrected chi connectivity index (χ4v) is 8.55. The van der Waals surface area contributed by atoms with Gasteiger partial charge in [0.1, 0.15) is 5.76 Å². The number of fused-ring (bicyclic) bond motifs is 5. The van der Waals surface area contributed by atoms with Crippen molar-refractivity contribution in [3.05, 3.63) is 23.5 Å². The van der Waals surface area contributed by atoms with E-state index in [2.05, 4.69) is 59.9 Å². The van der Waals surface area contributed by atoms with Crippen molar-refractivity contribution in [3.63, 3.8) is 0 Å². The van der Waals surface area contributed by atoms with Crippen LogP contribution in [-0.2, 0) is 14.0 Å². The van der Waals surface area contributed by atoms with Gasteiger partial charge in [-0.15, -0.1) is 0 Å². The molecule has 0 amide bonds. The van der Waals surface area contributed by atoms with E-state index in [4.69, 9.17) is 9.16 Å². The number of carbonyl (C=O) groups excluding carboxylic acids is 1. The summed E-state index contributed by atoms with van der Waals surface area (Å²) in [5.41, 5.74) is 2.04. The van der Waals surface area contributed by atoms with Crippen LogP contribution in [0.3, 0.4) is 0 Å². The van der Waals surface area contributed by atoms with Gasteiger partial charge >= 0.3 is 5.97 Å². The Balaban J connectivity index is 1.52. The normalized spacial score (nSPS) is 40.3. The Morgan fingerprint density at radius 1 is 1.03 bits per heavy atom. The minimum absolute atomic E-state index is 0.0389. The second kappa shape index (κ2) is 7.58. The van der Waals surface area contributed by atoms with E-state index in [1.54, 1.807) is 5.57 Å². The van der Waals surface area contributed by atoms with Gasteiger partial charge in [0.15, 0.2) is 8.32 Å². The summed E-state index contributed by atoms with van der Waals surface area (Å²) in [7, 11) is -1.73. The second-order valence-electron chi connectivity index (χ2n) is 12.9. The molecule has 4 heteroatoms. The highest BCUT2D eigenvalue weighted by atomic mass is 28.4. The largest absolute Gasteiger partial charge is 0.431 e. The van der Waals surface area contributed by atoms with Crippen LogP contribution in [0.4, 0.5) is 0 Å². The second-order valence-corrected chi connectivity index (χ2v) is 17.6. The molecule has 2 fully saturated rings. The van der Waals surface area contributed by atoms with E-state index < -0.39 is 8.32 Å². The van der Waals surface area contributed by atoms with Crippen LogP contribution in [0.1, 0.15) is 86.5 Å². The molecule has 3 unspecified atom stereocenters. The molecule has 4 rings (SSSR count). The summed E-state index contributed by atoms with van der Waals surface area (Å²) in [6.07, 6.45) is 13.4. The van der Waals surface area contributed by atoms with Gasteiger partial charge in [0.05, 0.1) is 0 Å². The maximum Gasteiger partial charge on any atom is 0.307 e. The molecule has 4 aliphatic carbocycles. The standard InChI is InChI=1S/C27H44O3Si/c1-18(28)29-24-12-11-22-21-10-9-19-17-20(30-31(7,8)25(2,3)4)13-15-26(19,5)23(21)14-16-27(22,24)6/h9,12,20-23H,10-11,13-17H2,1-8H3/t20-,21?,22?,23?,26-,27-/m0/s1. The fraction of sp³-hybridized carbons (Fsp3) is 0.815. The summed E-state index contributed by atoms with van der Waals surface area (Å²) in [4.78, 5) is 11.6. The van der Waals surface area contributed by atoms with Crippen molar-refractivity contribution < 1.29 is 14.0 Å². The Bertz CT molecular complexity index is 804. The fourth-order valence-electron chi connectivity index (χ4n) is 7.16. The average molecular weight is 445 g/mol. The molecule has 174 valence electrons. The molecule has 0 heterocycles. The van der Waals surface area contributed by atoms with Crippen LogP contribution in [0.5, 0.6) is 0 Å². The summed E-state index contributed by atoms with van der Waals surface area (Å²) < 4.78 is 12.5. The molecule has 0 saturated heterocycles. The molecule has 0 aliphatic heterocycles. The van der Waals surface area contributed by atoms with Crippen molar-refractivity contribution in [2.45, 2.75) is 111 Å². The molecule has 4 aliphatic rings. The molecule has 6 atom stereocenters. The SMILES string of the molecule is CC(=O)OC1=CCC2C3CC=C4C[C@@H](O[Si](C)(C)C(C)(C)C)CC[C@]4(C)C3CC[C@]12C. The molecular weight excluding hydrogens is 400 g/mol. The van der Waals surface area contributed by atoms with Crippen LogP contribution < -0.4 is 0 Å². The third-order valence-electron chi connectivity index (χ3n) is 10.1. The van der Waals surface area contributed by atoms with E-state index in [1.165, 1.54) is 32.6 Å². The zero-order valence-electron chi connectivity index (χ0n) is 21.1. The third kappa shape index (κ3) is 3.80. The van der Waals surface area contributed by atoms with E-state index in [0.717, 1.165) is 30.9 Å². The first-order valence-corrected chi connectivity index (χ1v) is 15.5. The van der Waals surface area contributed by atoms with Crippen LogP contribution >= 0.6 is 0 Å². The van der Waals surface area contributed by atoms with Gasteiger partial charge in [-0.1, -0.05) is 46.3 Å². The number of ether oxygens (including phenoxy) is 1. The number of hydrogen-bond acceptors (Lipinski definition) is 3. The van der Waals surface area contributed by atoms with Gasteiger partial charge in [-0.05, 0) is 92.3 Å². The Kier molecular flexibility index (Phi) is 5.70. The number of carbonyl (C=O) groups is 1. The van der Waals surface area contributed by atoms with Gasteiger partial charge in [-0.3, -0.25) is 4.79 Å². The van der Waals surface area contributed by atoms with Gasteiger partial charge in [-0.2, -0.15) is 0 Å². The monoisotopic (exact) mass is 444 g/mol. The molecule has 0 N–H and O–H groups in total.